The maximum atomic E-state index is 12.0. The lowest BCUT2D eigenvalue weighted by molar-refractivity contribution is 0.0240. The number of rotatable bonds is 1. The summed E-state index contributed by atoms with van der Waals surface area (Å²) in [5.74, 6) is 0.0767. The van der Waals surface area contributed by atoms with Gasteiger partial charge in [0.2, 0.25) is 0 Å². The number of piperazine rings is 1. The van der Waals surface area contributed by atoms with E-state index in [0.29, 0.717) is 31.2 Å². The fourth-order valence-corrected chi connectivity index (χ4v) is 2.34. The van der Waals surface area contributed by atoms with E-state index < -0.39 is 5.60 Å². The Morgan fingerprint density at radius 3 is 2.38 bits per heavy atom. The van der Waals surface area contributed by atoms with Gasteiger partial charge in [-0.3, -0.25) is 0 Å². The number of carbonyl (C=O) groups is 1. The largest absolute Gasteiger partial charge is 0.506 e. The van der Waals surface area contributed by atoms with Crippen molar-refractivity contribution in [3.63, 3.8) is 0 Å². The summed E-state index contributed by atoms with van der Waals surface area (Å²) in [7, 11) is 0. The summed E-state index contributed by atoms with van der Waals surface area (Å²) in [6.45, 7) is 8.21. The number of carbonyl (C=O) groups excluding carboxylic acids is 1. The second kappa shape index (κ2) is 6.02. The molecule has 0 bridgehead atoms. The minimum Gasteiger partial charge on any atom is -0.506 e. The van der Waals surface area contributed by atoms with Gasteiger partial charge in [0.1, 0.15) is 11.4 Å². The molecule has 0 spiro atoms. The van der Waals surface area contributed by atoms with Crippen molar-refractivity contribution < 1.29 is 14.6 Å². The molecule has 1 N–H and O–H groups in total. The minimum absolute atomic E-state index is 0.0767. The number of halogens is 1. The third-order valence-corrected chi connectivity index (χ3v) is 3.53. The van der Waals surface area contributed by atoms with Crippen LogP contribution < -0.4 is 4.90 Å². The molecule has 0 atom stereocenters. The van der Waals surface area contributed by atoms with Gasteiger partial charge in [-0.25, -0.2) is 4.79 Å². The number of aromatic hydroxyl groups is 1. The predicted octanol–water partition coefficient (Wildman–Crippen LogP) is 3.10. The molecule has 6 heteroatoms. The van der Waals surface area contributed by atoms with Crippen molar-refractivity contribution in [2.75, 3.05) is 31.1 Å². The van der Waals surface area contributed by atoms with Gasteiger partial charge in [0.15, 0.2) is 0 Å². The molecule has 1 fully saturated rings. The summed E-state index contributed by atoms with van der Waals surface area (Å²) >= 11 is 5.92. The SMILES string of the molecule is CC(C)(C)OC(=O)N1CCN(c2ccc(O)c(Cl)c2)CC1. The van der Waals surface area contributed by atoms with Crippen LogP contribution in [0.15, 0.2) is 18.2 Å². The molecule has 1 aromatic rings. The predicted molar refractivity (Wildman–Crippen MR) is 83.1 cm³/mol. The standard InChI is InChI=1S/C15H21ClN2O3/c1-15(2,3)21-14(20)18-8-6-17(7-9-18)11-4-5-13(19)12(16)10-11/h4-5,10,19H,6-9H2,1-3H3. The number of benzene rings is 1. The minimum atomic E-state index is -0.474. The van der Waals surface area contributed by atoms with Gasteiger partial charge in [0.05, 0.1) is 5.02 Å². The first-order valence-electron chi connectivity index (χ1n) is 6.98. The summed E-state index contributed by atoms with van der Waals surface area (Å²) in [6.07, 6.45) is -0.272. The van der Waals surface area contributed by atoms with Crippen LogP contribution in [-0.2, 0) is 4.74 Å². The van der Waals surface area contributed by atoms with Crippen LogP contribution in [0.25, 0.3) is 0 Å². The highest BCUT2D eigenvalue weighted by atomic mass is 35.5. The molecule has 1 aromatic carbocycles. The topological polar surface area (TPSA) is 53.0 Å². The number of phenolic OH excluding ortho intramolecular Hbond substituents is 1. The van der Waals surface area contributed by atoms with Crippen molar-refractivity contribution in [1.29, 1.82) is 0 Å². The highest BCUT2D eigenvalue weighted by molar-refractivity contribution is 6.32. The molecule has 1 heterocycles. The average molecular weight is 313 g/mol. The lowest BCUT2D eigenvalue weighted by Gasteiger charge is -2.36. The molecule has 116 valence electrons. The second-order valence-corrected chi connectivity index (χ2v) is 6.50. The van der Waals surface area contributed by atoms with E-state index in [1.165, 1.54) is 0 Å². The molecule has 21 heavy (non-hydrogen) atoms. The molecule has 1 amide bonds. The Bertz CT molecular complexity index is 520. The average Bonchev–Trinajstić information content (AvgIpc) is 2.40. The van der Waals surface area contributed by atoms with E-state index in [1.54, 1.807) is 17.0 Å². The first-order valence-corrected chi connectivity index (χ1v) is 7.35. The van der Waals surface area contributed by atoms with E-state index in [1.807, 2.05) is 26.8 Å². The maximum absolute atomic E-state index is 12.0. The number of hydrogen-bond donors (Lipinski definition) is 1. The van der Waals surface area contributed by atoms with Gasteiger partial charge in [-0.1, -0.05) is 11.6 Å². The van der Waals surface area contributed by atoms with Gasteiger partial charge in [-0.15, -0.1) is 0 Å². The molecule has 1 aliphatic rings. The number of anilines is 1. The first kappa shape index (κ1) is 15.8. The zero-order valence-corrected chi connectivity index (χ0v) is 13.4. The van der Waals surface area contributed by atoms with Gasteiger partial charge in [-0.05, 0) is 39.0 Å². The van der Waals surface area contributed by atoms with Crippen molar-refractivity contribution in [2.24, 2.45) is 0 Å². The molecule has 0 aromatic heterocycles. The quantitative estimate of drug-likeness (QED) is 0.865. The third kappa shape index (κ3) is 4.17. The van der Waals surface area contributed by atoms with Crippen molar-refractivity contribution in [3.8, 4) is 5.75 Å². The molecule has 0 saturated carbocycles. The van der Waals surface area contributed by atoms with Gasteiger partial charge in [-0.2, -0.15) is 0 Å². The van der Waals surface area contributed by atoms with E-state index in [9.17, 15) is 9.90 Å². The smallest absolute Gasteiger partial charge is 0.410 e. The normalized spacial score (nSPS) is 16.0. The molecular weight excluding hydrogens is 292 g/mol. The van der Waals surface area contributed by atoms with Crippen LogP contribution in [0, 0.1) is 0 Å². The van der Waals surface area contributed by atoms with Crippen molar-refractivity contribution in [1.82, 2.24) is 4.90 Å². The molecule has 1 saturated heterocycles. The molecule has 5 nitrogen and oxygen atoms in total. The Kier molecular flexibility index (Phi) is 4.52. The van der Waals surface area contributed by atoms with Gasteiger partial charge in [0, 0.05) is 31.9 Å². The molecular formula is C15H21ClN2O3. The van der Waals surface area contributed by atoms with E-state index in [4.69, 9.17) is 16.3 Å². The fraction of sp³-hybridized carbons (Fsp3) is 0.533. The van der Waals surface area contributed by atoms with Gasteiger partial charge in [0.25, 0.3) is 0 Å². The zero-order valence-electron chi connectivity index (χ0n) is 12.6. The van der Waals surface area contributed by atoms with Gasteiger partial charge < -0.3 is 19.6 Å². The summed E-state index contributed by atoms with van der Waals surface area (Å²) < 4.78 is 5.37. The van der Waals surface area contributed by atoms with Gasteiger partial charge >= 0.3 is 6.09 Å². The Morgan fingerprint density at radius 1 is 1.24 bits per heavy atom. The summed E-state index contributed by atoms with van der Waals surface area (Å²) in [4.78, 5) is 15.8. The number of hydrogen-bond acceptors (Lipinski definition) is 4. The Balaban J connectivity index is 1.94. The van der Waals surface area contributed by atoms with Crippen molar-refractivity contribution in [2.45, 2.75) is 26.4 Å². The van der Waals surface area contributed by atoms with E-state index >= 15 is 0 Å². The van der Waals surface area contributed by atoms with Crippen molar-refractivity contribution in [3.05, 3.63) is 23.2 Å². The lowest BCUT2D eigenvalue weighted by atomic mass is 10.2. The number of nitrogens with zero attached hydrogens (tertiary/aromatic N) is 2. The zero-order chi connectivity index (χ0) is 15.6. The highest BCUT2D eigenvalue weighted by Gasteiger charge is 2.26. The Morgan fingerprint density at radius 2 is 1.86 bits per heavy atom. The highest BCUT2D eigenvalue weighted by Crippen LogP contribution is 2.28. The summed E-state index contributed by atoms with van der Waals surface area (Å²) in [6, 6.07) is 5.14. The van der Waals surface area contributed by atoms with E-state index in [2.05, 4.69) is 4.90 Å². The molecule has 2 rings (SSSR count). The van der Waals surface area contributed by atoms with Crippen LogP contribution in [0.3, 0.4) is 0 Å². The van der Waals surface area contributed by atoms with Crippen LogP contribution in [0.1, 0.15) is 20.8 Å². The number of phenols is 1. The number of amides is 1. The number of ether oxygens (including phenoxy) is 1. The monoisotopic (exact) mass is 312 g/mol. The summed E-state index contributed by atoms with van der Waals surface area (Å²) in [5, 5.41) is 9.78. The third-order valence-electron chi connectivity index (χ3n) is 3.23. The fourth-order valence-electron chi connectivity index (χ4n) is 2.17. The van der Waals surface area contributed by atoms with Crippen LogP contribution in [0.5, 0.6) is 5.75 Å². The van der Waals surface area contributed by atoms with Crippen LogP contribution in [0.2, 0.25) is 5.02 Å². The molecule has 0 unspecified atom stereocenters. The van der Waals surface area contributed by atoms with Crippen LogP contribution >= 0.6 is 11.6 Å². The summed E-state index contributed by atoms with van der Waals surface area (Å²) in [5.41, 5.74) is 0.472. The van der Waals surface area contributed by atoms with Crippen molar-refractivity contribution >= 4 is 23.4 Å². The molecule has 1 aliphatic heterocycles. The molecule has 0 radical (unpaired) electrons. The Labute approximate surface area is 130 Å². The van der Waals surface area contributed by atoms with Crippen LogP contribution in [0.4, 0.5) is 10.5 Å². The molecule has 0 aliphatic carbocycles. The van der Waals surface area contributed by atoms with E-state index in [0.717, 1.165) is 5.69 Å². The second-order valence-electron chi connectivity index (χ2n) is 6.09. The first-order chi connectivity index (χ1) is 9.76. The van der Waals surface area contributed by atoms with Crippen LogP contribution in [-0.4, -0.2) is 47.9 Å². The lowest BCUT2D eigenvalue weighted by Crippen LogP contribution is -2.50. The van der Waals surface area contributed by atoms with E-state index in [-0.39, 0.29) is 11.8 Å². The maximum Gasteiger partial charge on any atom is 0.410 e. The Hall–Kier alpha value is -1.62.